The lowest BCUT2D eigenvalue weighted by Gasteiger charge is -2.20. The van der Waals surface area contributed by atoms with E-state index in [-0.39, 0.29) is 10.5 Å². The van der Waals surface area contributed by atoms with Crippen LogP contribution < -0.4 is 0 Å². The summed E-state index contributed by atoms with van der Waals surface area (Å²) in [6.07, 6.45) is 3.25. The molecule has 2 aromatic rings. The zero-order valence-corrected chi connectivity index (χ0v) is 17.4. The Bertz CT molecular complexity index is 937. The van der Waals surface area contributed by atoms with Crippen molar-refractivity contribution in [3.8, 4) is 0 Å². The van der Waals surface area contributed by atoms with Crippen molar-refractivity contribution in [3.05, 3.63) is 64.7 Å². The van der Waals surface area contributed by atoms with Gasteiger partial charge in [-0.15, -0.1) is 0 Å². The van der Waals surface area contributed by atoms with E-state index >= 15 is 0 Å². The van der Waals surface area contributed by atoms with Crippen molar-refractivity contribution in [2.24, 2.45) is 0 Å². The fourth-order valence-corrected chi connectivity index (χ4v) is 5.16. The Kier molecular flexibility index (Phi) is 6.75. The van der Waals surface area contributed by atoms with Gasteiger partial charge in [0.15, 0.2) is 0 Å². The molecule has 5 nitrogen and oxygen atoms in total. The van der Waals surface area contributed by atoms with E-state index in [0.29, 0.717) is 23.7 Å². The molecule has 3 rings (SSSR count). The highest BCUT2D eigenvalue weighted by Crippen LogP contribution is 2.27. The van der Waals surface area contributed by atoms with Gasteiger partial charge >= 0.3 is 5.97 Å². The number of carbonyl (C=O) groups is 1. The van der Waals surface area contributed by atoms with Gasteiger partial charge in [-0.1, -0.05) is 48.7 Å². The van der Waals surface area contributed by atoms with Crippen LogP contribution in [0.5, 0.6) is 0 Å². The van der Waals surface area contributed by atoms with Crippen LogP contribution in [0.1, 0.15) is 54.6 Å². The van der Waals surface area contributed by atoms with Gasteiger partial charge in [-0.3, -0.25) is 0 Å². The van der Waals surface area contributed by atoms with E-state index in [1.54, 1.807) is 37.3 Å². The molecule has 150 valence electrons. The number of benzene rings is 2. The molecule has 0 aliphatic carbocycles. The Balaban J connectivity index is 1.78. The van der Waals surface area contributed by atoms with Crippen LogP contribution >= 0.6 is 11.6 Å². The lowest BCUT2D eigenvalue weighted by atomic mass is 10.1. The van der Waals surface area contributed by atoms with Gasteiger partial charge in [0.1, 0.15) is 6.10 Å². The largest absolute Gasteiger partial charge is 0.454 e. The van der Waals surface area contributed by atoms with E-state index < -0.39 is 22.1 Å². The van der Waals surface area contributed by atoms with E-state index in [9.17, 15) is 13.2 Å². The standard InChI is InChI=1S/C21H24ClNO4S/c1-16(19-11-4-5-12-20(19)22)27-21(24)17-9-8-10-18(15-17)28(25,26)23-13-6-2-3-7-14-23/h4-5,8-12,15-16H,2-3,6-7,13-14H2,1H3/t16-/m1/s1. The highest BCUT2D eigenvalue weighted by molar-refractivity contribution is 7.89. The molecule has 0 amide bonds. The molecule has 1 saturated heterocycles. The molecule has 0 spiro atoms. The summed E-state index contributed by atoms with van der Waals surface area (Å²) in [5, 5.41) is 0.514. The first kappa shape index (κ1) is 20.8. The number of nitrogens with zero attached hydrogens (tertiary/aromatic N) is 1. The summed E-state index contributed by atoms with van der Waals surface area (Å²) >= 11 is 6.16. The molecule has 1 aliphatic heterocycles. The molecule has 0 aromatic heterocycles. The zero-order valence-electron chi connectivity index (χ0n) is 15.8. The van der Waals surface area contributed by atoms with E-state index in [0.717, 1.165) is 25.7 Å². The average Bonchev–Trinajstić information content (AvgIpc) is 2.98. The molecule has 7 heteroatoms. The van der Waals surface area contributed by atoms with Crippen LogP contribution in [0.4, 0.5) is 0 Å². The fraction of sp³-hybridized carbons (Fsp3) is 0.381. The predicted octanol–water partition coefficient (Wildman–Crippen LogP) is 4.82. The first-order valence-corrected chi connectivity index (χ1v) is 11.3. The summed E-state index contributed by atoms with van der Waals surface area (Å²) in [4.78, 5) is 12.7. The van der Waals surface area contributed by atoms with Crippen LogP contribution in [0.15, 0.2) is 53.4 Å². The molecule has 0 bridgehead atoms. The molecule has 2 aromatic carbocycles. The van der Waals surface area contributed by atoms with Gasteiger partial charge in [0.05, 0.1) is 10.5 Å². The highest BCUT2D eigenvalue weighted by Gasteiger charge is 2.26. The Labute approximate surface area is 171 Å². The van der Waals surface area contributed by atoms with Crippen LogP contribution in [-0.2, 0) is 14.8 Å². The van der Waals surface area contributed by atoms with E-state index in [2.05, 4.69) is 0 Å². The average molecular weight is 422 g/mol. The first-order valence-electron chi connectivity index (χ1n) is 9.45. The van der Waals surface area contributed by atoms with E-state index in [1.807, 2.05) is 6.07 Å². The van der Waals surface area contributed by atoms with Gasteiger partial charge in [-0.05, 0) is 44.0 Å². The molecule has 0 radical (unpaired) electrons. The molecule has 28 heavy (non-hydrogen) atoms. The molecule has 0 N–H and O–H groups in total. The molecule has 1 aliphatic rings. The van der Waals surface area contributed by atoms with Crippen molar-refractivity contribution in [1.82, 2.24) is 4.31 Å². The van der Waals surface area contributed by atoms with Gasteiger partial charge in [0.2, 0.25) is 10.0 Å². The minimum Gasteiger partial charge on any atom is -0.454 e. The monoisotopic (exact) mass is 421 g/mol. The van der Waals surface area contributed by atoms with Gasteiger partial charge in [0.25, 0.3) is 0 Å². The Morgan fingerprint density at radius 1 is 1.04 bits per heavy atom. The van der Waals surface area contributed by atoms with Crippen molar-refractivity contribution < 1.29 is 17.9 Å². The molecule has 1 atom stereocenters. The van der Waals surface area contributed by atoms with Crippen LogP contribution in [-0.4, -0.2) is 31.8 Å². The summed E-state index contributed by atoms with van der Waals surface area (Å²) in [6, 6.07) is 13.2. The van der Waals surface area contributed by atoms with Crippen LogP contribution in [0.3, 0.4) is 0 Å². The van der Waals surface area contributed by atoms with Crippen LogP contribution in [0.25, 0.3) is 0 Å². The zero-order chi connectivity index (χ0) is 20.1. The Morgan fingerprint density at radius 3 is 2.39 bits per heavy atom. The summed E-state index contributed by atoms with van der Waals surface area (Å²) in [5.41, 5.74) is 0.903. The molecule has 1 fully saturated rings. The maximum atomic E-state index is 13.0. The van der Waals surface area contributed by atoms with Gasteiger partial charge in [-0.25, -0.2) is 13.2 Å². The summed E-state index contributed by atoms with van der Waals surface area (Å²) in [6.45, 7) is 2.76. The van der Waals surface area contributed by atoms with Crippen molar-refractivity contribution in [1.29, 1.82) is 0 Å². The molecule has 1 heterocycles. The second-order valence-corrected chi connectivity index (χ2v) is 9.26. The SMILES string of the molecule is C[C@@H](OC(=O)c1cccc(S(=O)(=O)N2CCCCCC2)c1)c1ccccc1Cl. The number of hydrogen-bond acceptors (Lipinski definition) is 4. The van der Waals surface area contributed by atoms with Gasteiger partial charge in [-0.2, -0.15) is 4.31 Å². The Hall–Kier alpha value is -1.89. The topological polar surface area (TPSA) is 63.7 Å². The van der Waals surface area contributed by atoms with Crippen molar-refractivity contribution >= 4 is 27.6 Å². The third kappa shape index (κ3) is 4.74. The van der Waals surface area contributed by atoms with Crippen LogP contribution in [0.2, 0.25) is 5.02 Å². The quantitative estimate of drug-likeness (QED) is 0.649. The minimum atomic E-state index is -3.62. The van der Waals surface area contributed by atoms with Crippen molar-refractivity contribution in [2.75, 3.05) is 13.1 Å². The molecule has 0 saturated carbocycles. The number of halogens is 1. The smallest absolute Gasteiger partial charge is 0.338 e. The molecular formula is C21H24ClNO4S. The predicted molar refractivity (Wildman–Crippen MR) is 109 cm³/mol. The normalized spacial score (nSPS) is 16.9. The number of esters is 1. The van der Waals surface area contributed by atoms with Crippen molar-refractivity contribution in [2.45, 2.75) is 43.6 Å². The maximum absolute atomic E-state index is 13.0. The molecule has 0 unspecified atom stereocenters. The number of hydrogen-bond donors (Lipinski definition) is 0. The van der Waals surface area contributed by atoms with Crippen molar-refractivity contribution in [3.63, 3.8) is 0 Å². The second-order valence-electron chi connectivity index (χ2n) is 6.92. The third-order valence-corrected chi connectivity index (χ3v) is 7.14. The highest BCUT2D eigenvalue weighted by atomic mass is 35.5. The maximum Gasteiger partial charge on any atom is 0.338 e. The molecular weight excluding hydrogens is 398 g/mol. The fourth-order valence-electron chi connectivity index (χ4n) is 3.31. The number of sulfonamides is 1. The second kappa shape index (κ2) is 9.07. The first-order chi connectivity index (χ1) is 13.4. The Morgan fingerprint density at radius 2 is 1.71 bits per heavy atom. The summed E-state index contributed by atoms with van der Waals surface area (Å²) < 4.78 is 32.9. The third-order valence-electron chi connectivity index (χ3n) is 4.90. The van der Waals surface area contributed by atoms with Gasteiger partial charge in [0, 0.05) is 23.7 Å². The van der Waals surface area contributed by atoms with E-state index in [4.69, 9.17) is 16.3 Å². The van der Waals surface area contributed by atoms with E-state index in [1.165, 1.54) is 16.4 Å². The number of rotatable bonds is 5. The van der Waals surface area contributed by atoms with Crippen LogP contribution in [0, 0.1) is 0 Å². The minimum absolute atomic E-state index is 0.120. The number of ether oxygens (including phenoxy) is 1. The summed E-state index contributed by atoms with van der Waals surface area (Å²) in [5.74, 6) is -0.583. The number of carbonyl (C=O) groups excluding carboxylic acids is 1. The summed E-state index contributed by atoms with van der Waals surface area (Å²) in [7, 11) is -3.62. The van der Waals surface area contributed by atoms with Gasteiger partial charge < -0.3 is 4.74 Å². The lowest BCUT2D eigenvalue weighted by Crippen LogP contribution is -2.32. The lowest BCUT2D eigenvalue weighted by molar-refractivity contribution is 0.0338.